The second kappa shape index (κ2) is 8.97. The molecule has 2 aromatic rings. The van der Waals surface area contributed by atoms with Gasteiger partial charge < -0.3 is 9.42 Å². The van der Waals surface area contributed by atoms with Crippen LogP contribution in [0.4, 0.5) is 0 Å². The third kappa shape index (κ3) is 4.51. The predicted octanol–water partition coefficient (Wildman–Crippen LogP) is 5.07. The molecule has 5 nitrogen and oxygen atoms in total. The lowest BCUT2D eigenvalue weighted by atomic mass is 10.1. The van der Waals surface area contributed by atoms with Crippen molar-refractivity contribution >= 4 is 5.91 Å². The minimum atomic E-state index is -0.0656. The monoisotopic (exact) mass is 355 g/mol. The normalized spacial score (nSPS) is 17.0. The molecule has 1 amide bonds. The maximum atomic E-state index is 12.6. The van der Waals surface area contributed by atoms with E-state index in [9.17, 15) is 4.79 Å². The molecule has 1 aliphatic heterocycles. The van der Waals surface area contributed by atoms with Crippen LogP contribution in [0.1, 0.15) is 75.8 Å². The molecule has 0 aliphatic carbocycles. The maximum absolute atomic E-state index is 12.6. The highest BCUT2D eigenvalue weighted by atomic mass is 16.5. The second-order valence-corrected chi connectivity index (χ2v) is 7.24. The first-order valence-corrected chi connectivity index (χ1v) is 9.89. The van der Waals surface area contributed by atoms with Crippen LogP contribution in [-0.4, -0.2) is 27.5 Å². The van der Waals surface area contributed by atoms with Crippen molar-refractivity contribution < 1.29 is 9.32 Å². The van der Waals surface area contributed by atoms with Crippen LogP contribution in [0, 0.1) is 6.92 Å². The highest BCUT2D eigenvalue weighted by molar-refractivity contribution is 5.76. The summed E-state index contributed by atoms with van der Waals surface area (Å²) < 4.78 is 5.53. The predicted molar refractivity (Wildman–Crippen MR) is 102 cm³/mol. The molecule has 3 rings (SSSR count). The summed E-state index contributed by atoms with van der Waals surface area (Å²) in [4.78, 5) is 19.1. The Labute approximate surface area is 155 Å². The lowest BCUT2D eigenvalue weighted by Gasteiger charge is -2.21. The molecule has 0 radical (unpaired) electrons. The quantitative estimate of drug-likeness (QED) is 0.620. The summed E-state index contributed by atoms with van der Waals surface area (Å²) in [5.74, 6) is 1.39. The number of aromatic nitrogens is 2. The van der Waals surface area contributed by atoms with Gasteiger partial charge in [-0.25, -0.2) is 0 Å². The van der Waals surface area contributed by atoms with Gasteiger partial charge in [-0.1, -0.05) is 61.5 Å². The van der Waals surface area contributed by atoms with Crippen molar-refractivity contribution in [3.05, 3.63) is 35.7 Å². The molecule has 0 bridgehead atoms. The van der Waals surface area contributed by atoms with Crippen LogP contribution in [0.2, 0.25) is 0 Å². The van der Waals surface area contributed by atoms with Gasteiger partial charge in [0.25, 0.3) is 0 Å². The number of likely N-dealkylation sites (tertiary alicyclic amines) is 1. The van der Waals surface area contributed by atoms with E-state index in [-0.39, 0.29) is 11.9 Å². The third-order valence-corrected chi connectivity index (χ3v) is 5.07. The zero-order valence-corrected chi connectivity index (χ0v) is 15.9. The van der Waals surface area contributed by atoms with Crippen LogP contribution in [0.25, 0.3) is 11.4 Å². The van der Waals surface area contributed by atoms with Crippen LogP contribution in [-0.2, 0) is 4.79 Å². The number of aryl methyl sites for hydroxylation is 1. The Kier molecular flexibility index (Phi) is 6.42. The van der Waals surface area contributed by atoms with Gasteiger partial charge in [0.2, 0.25) is 17.6 Å². The zero-order chi connectivity index (χ0) is 18.4. The molecule has 1 aromatic carbocycles. The first-order valence-electron chi connectivity index (χ1n) is 9.89. The van der Waals surface area contributed by atoms with E-state index in [0.717, 1.165) is 43.4 Å². The summed E-state index contributed by atoms with van der Waals surface area (Å²) in [6.45, 7) is 5.04. The van der Waals surface area contributed by atoms with E-state index in [0.29, 0.717) is 18.1 Å². The Bertz CT molecular complexity index is 726. The van der Waals surface area contributed by atoms with Crippen molar-refractivity contribution in [3.8, 4) is 11.4 Å². The van der Waals surface area contributed by atoms with E-state index in [4.69, 9.17) is 4.52 Å². The summed E-state index contributed by atoms with van der Waals surface area (Å²) in [6, 6.07) is 7.99. The molecular formula is C21H29N3O2. The van der Waals surface area contributed by atoms with Crippen LogP contribution in [0.5, 0.6) is 0 Å². The molecule has 1 aromatic heterocycles. The fraction of sp³-hybridized carbons (Fsp3) is 0.571. The SMILES string of the molecule is CCCCCCCC(=O)N1CCCC1c1nc(-c2cccc(C)c2)no1. The van der Waals surface area contributed by atoms with Gasteiger partial charge in [-0.15, -0.1) is 0 Å². The van der Waals surface area contributed by atoms with E-state index in [1.807, 2.05) is 36.1 Å². The molecule has 2 heterocycles. The van der Waals surface area contributed by atoms with E-state index >= 15 is 0 Å². The first kappa shape index (κ1) is 18.6. The van der Waals surface area contributed by atoms with Crippen LogP contribution >= 0.6 is 0 Å². The maximum Gasteiger partial charge on any atom is 0.249 e. The number of unbranched alkanes of at least 4 members (excludes halogenated alkanes) is 4. The Morgan fingerprint density at radius 1 is 1.27 bits per heavy atom. The van der Waals surface area contributed by atoms with Crippen molar-refractivity contribution in [2.24, 2.45) is 0 Å². The molecule has 1 atom stereocenters. The van der Waals surface area contributed by atoms with E-state index in [1.165, 1.54) is 19.3 Å². The minimum absolute atomic E-state index is 0.0656. The summed E-state index contributed by atoms with van der Waals surface area (Å²) >= 11 is 0. The molecule has 0 spiro atoms. The zero-order valence-electron chi connectivity index (χ0n) is 15.9. The second-order valence-electron chi connectivity index (χ2n) is 7.24. The van der Waals surface area contributed by atoms with Crippen LogP contribution < -0.4 is 0 Å². The van der Waals surface area contributed by atoms with Crippen molar-refractivity contribution in [2.75, 3.05) is 6.54 Å². The van der Waals surface area contributed by atoms with Crippen molar-refractivity contribution in [1.82, 2.24) is 15.0 Å². The Hall–Kier alpha value is -2.17. The molecule has 1 fully saturated rings. The van der Waals surface area contributed by atoms with E-state index in [1.54, 1.807) is 0 Å². The number of amides is 1. The number of rotatable bonds is 8. The summed E-state index contributed by atoms with van der Waals surface area (Å²) in [6.07, 6.45) is 8.32. The van der Waals surface area contributed by atoms with Gasteiger partial charge in [-0.2, -0.15) is 4.98 Å². The number of benzene rings is 1. The summed E-state index contributed by atoms with van der Waals surface area (Å²) in [7, 11) is 0. The topological polar surface area (TPSA) is 59.2 Å². The van der Waals surface area contributed by atoms with Crippen molar-refractivity contribution in [3.63, 3.8) is 0 Å². The Morgan fingerprint density at radius 3 is 2.92 bits per heavy atom. The Morgan fingerprint density at radius 2 is 2.12 bits per heavy atom. The van der Waals surface area contributed by atoms with Gasteiger partial charge in [-0.3, -0.25) is 4.79 Å². The molecule has 5 heteroatoms. The smallest absolute Gasteiger partial charge is 0.249 e. The highest BCUT2D eigenvalue weighted by Gasteiger charge is 2.33. The Balaban J connectivity index is 1.62. The fourth-order valence-corrected chi connectivity index (χ4v) is 3.62. The van der Waals surface area contributed by atoms with E-state index < -0.39 is 0 Å². The van der Waals surface area contributed by atoms with Gasteiger partial charge in [0, 0.05) is 18.5 Å². The average Bonchev–Trinajstić information content (AvgIpc) is 3.30. The molecule has 1 unspecified atom stereocenters. The van der Waals surface area contributed by atoms with Gasteiger partial charge in [0.15, 0.2) is 0 Å². The number of hydrogen-bond acceptors (Lipinski definition) is 4. The number of carbonyl (C=O) groups excluding carboxylic acids is 1. The summed E-state index contributed by atoms with van der Waals surface area (Å²) in [5, 5.41) is 4.14. The van der Waals surface area contributed by atoms with Crippen molar-refractivity contribution in [2.45, 2.75) is 71.3 Å². The largest absolute Gasteiger partial charge is 0.337 e. The molecule has 0 saturated carbocycles. The number of nitrogens with zero attached hydrogens (tertiary/aromatic N) is 3. The molecular weight excluding hydrogens is 326 g/mol. The lowest BCUT2D eigenvalue weighted by molar-refractivity contribution is -0.132. The molecule has 0 N–H and O–H groups in total. The van der Waals surface area contributed by atoms with Gasteiger partial charge >= 0.3 is 0 Å². The molecule has 1 saturated heterocycles. The number of hydrogen-bond donors (Lipinski definition) is 0. The third-order valence-electron chi connectivity index (χ3n) is 5.07. The first-order chi connectivity index (χ1) is 12.7. The van der Waals surface area contributed by atoms with E-state index in [2.05, 4.69) is 17.1 Å². The fourth-order valence-electron chi connectivity index (χ4n) is 3.62. The average molecular weight is 355 g/mol. The molecule has 140 valence electrons. The molecule has 26 heavy (non-hydrogen) atoms. The minimum Gasteiger partial charge on any atom is -0.337 e. The lowest BCUT2D eigenvalue weighted by Crippen LogP contribution is -2.30. The van der Waals surface area contributed by atoms with Gasteiger partial charge in [0.05, 0.1) is 0 Å². The summed E-state index contributed by atoms with van der Waals surface area (Å²) in [5.41, 5.74) is 2.11. The van der Waals surface area contributed by atoms with Gasteiger partial charge in [-0.05, 0) is 32.3 Å². The number of carbonyl (C=O) groups is 1. The van der Waals surface area contributed by atoms with Crippen LogP contribution in [0.3, 0.4) is 0 Å². The standard InChI is InChI=1S/C21H29N3O2/c1-3-4-5-6-7-13-19(25)24-14-9-12-18(24)21-22-20(23-26-21)17-11-8-10-16(2)15-17/h8,10-11,15,18H,3-7,9,12-14H2,1-2H3. The van der Waals surface area contributed by atoms with Crippen molar-refractivity contribution in [1.29, 1.82) is 0 Å². The highest BCUT2D eigenvalue weighted by Crippen LogP contribution is 2.32. The van der Waals surface area contributed by atoms with Crippen LogP contribution in [0.15, 0.2) is 28.8 Å². The van der Waals surface area contributed by atoms with Gasteiger partial charge in [0.1, 0.15) is 6.04 Å². The molecule has 1 aliphatic rings.